The fourth-order valence-electron chi connectivity index (χ4n) is 1.34. The summed E-state index contributed by atoms with van der Waals surface area (Å²) < 4.78 is 0.718. The van der Waals surface area contributed by atoms with Crippen LogP contribution in [0.4, 0.5) is 0 Å². The van der Waals surface area contributed by atoms with Gasteiger partial charge in [-0.2, -0.15) is 0 Å². The van der Waals surface area contributed by atoms with E-state index in [0.717, 1.165) is 10.0 Å². The van der Waals surface area contributed by atoms with Gasteiger partial charge in [0, 0.05) is 0 Å². The molecule has 0 amide bonds. The molecular formula is C7H13BrHgO2. The molecule has 2 atom stereocenters. The Bertz CT molecular complexity index is 135. The van der Waals surface area contributed by atoms with Gasteiger partial charge in [0.05, 0.1) is 0 Å². The normalized spacial score (nSPS) is 32.0. The van der Waals surface area contributed by atoms with Crippen LogP contribution in [0.2, 0.25) is 3.43 Å². The van der Waals surface area contributed by atoms with Gasteiger partial charge in [0.1, 0.15) is 0 Å². The minimum absolute atomic E-state index is 0.231. The van der Waals surface area contributed by atoms with Gasteiger partial charge in [0.25, 0.3) is 0 Å². The standard InChI is InChI=1S/C7H13O2.BrH.Hg/c1-7(2,3)6-4-5-8-9-6;;/h4,6H,5H2,1-3H3;1H;/q;;+1/p-1/t6-;;/m0../s1. The number of hydrogen-bond acceptors (Lipinski definition) is 2. The van der Waals surface area contributed by atoms with Crippen LogP contribution in [0.15, 0.2) is 0 Å². The van der Waals surface area contributed by atoms with Crippen molar-refractivity contribution in [1.29, 1.82) is 0 Å². The van der Waals surface area contributed by atoms with Crippen molar-refractivity contribution in [3.8, 4) is 0 Å². The Labute approximate surface area is 85.6 Å². The van der Waals surface area contributed by atoms with E-state index in [4.69, 9.17) is 9.78 Å². The minimum atomic E-state index is -0.851. The SMILES string of the molecule is CC(C)(C)[C@H]1OOC[C@@H]1[Hg][Br]. The summed E-state index contributed by atoms with van der Waals surface area (Å²) in [4.78, 5) is 10.3. The van der Waals surface area contributed by atoms with Crippen LogP contribution in [0, 0.1) is 5.41 Å². The molecule has 0 aromatic carbocycles. The molecule has 4 heteroatoms. The molecule has 11 heavy (non-hydrogen) atoms. The summed E-state index contributed by atoms with van der Waals surface area (Å²) in [5, 5.41) is 0. The van der Waals surface area contributed by atoms with Gasteiger partial charge >= 0.3 is 86.2 Å². The Morgan fingerprint density at radius 3 is 2.45 bits per heavy atom. The summed E-state index contributed by atoms with van der Waals surface area (Å²) in [5.41, 5.74) is 0.231. The second-order valence-corrected chi connectivity index (χ2v) is 15.0. The average molecular weight is 410 g/mol. The fourth-order valence-corrected chi connectivity index (χ4v) is 10.4. The van der Waals surface area contributed by atoms with E-state index in [1.807, 2.05) is 0 Å². The third-order valence-corrected chi connectivity index (χ3v) is 13.4. The molecular weight excluding hydrogens is 397 g/mol. The monoisotopic (exact) mass is 410 g/mol. The van der Waals surface area contributed by atoms with Gasteiger partial charge in [-0.05, 0) is 0 Å². The van der Waals surface area contributed by atoms with Crippen molar-refractivity contribution in [2.75, 3.05) is 6.61 Å². The Morgan fingerprint density at radius 2 is 2.09 bits per heavy atom. The molecule has 1 heterocycles. The molecule has 0 spiro atoms. The zero-order valence-corrected chi connectivity index (χ0v) is 14.3. The van der Waals surface area contributed by atoms with E-state index in [1.165, 1.54) is 0 Å². The average Bonchev–Trinajstić information content (AvgIpc) is 2.31. The van der Waals surface area contributed by atoms with Crippen LogP contribution < -0.4 is 0 Å². The maximum atomic E-state index is 5.25. The molecule has 1 aliphatic heterocycles. The van der Waals surface area contributed by atoms with Crippen LogP contribution in [-0.2, 0) is 31.9 Å². The predicted octanol–water partition coefficient (Wildman–Crippen LogP) is 2.54. The van der Waals surface area contributed by atoms with Crippen LogP contribution in [0.1, 0.15) is 20.8 Å². The van der Waals surface area contributed by atoms with Crippen molar-refractivity contribution in [1.82, 2.24) is 0 Å². The first-order valence-corrected chi connectivity index (χ1v) is 19.0. The van der Waals surface area contributed by atoms with E-state index in [2.05, 4.69) is 32.7 Å². The van der Waals surface area contributed by atoms with Gasteiger partial charge in [0.2, 0.25) is 0 Å². The molecule has 1 saturated heterocycles. The fraction of sp³-hybridized carbons (Fsp3) is 1.00. The molecule has 0 saturated carbocycles. The van der Waals surface area contributed by atoms with Gasteiger partial charge in [-0.15, -0.1) is 0 Å². The van der Waals surface area contributed by atoms with Crippen molar-refractivity contribution in [2.24, 2.45) is 5.41 Å². The zero-order chi connectivity index (χ0) is 8.48. The second-order valence-electron chi connectivity index (χ2n) is 4.08. The van der Waals surface area contributed by atoms with Crippen molar-refractivity contribution < 1.29 is 31.9 Å². The Kier molecular flexibility index (Phi) is 3.82. The molecule has 0 bridgehead atoms. The molecule has 1 aliphatic rings. The van der Waals surface area contributed by atoms with Crippen molar-refractivity contribution >= 4 is 11.9 Å². The second kappa shape index (κ2) is 4.03. The summed E-state index contributed by atoms with van der Waals surface area (Å²) >= 11 is 2.82. The van der Waals surface area contributed by atoms with Crippen LogP contribution in [0.5, 0.6) is 0 Å². The van der Waals surface area contributed by atoms with Gasteiger partial charge in [-0.3, -0.25) is 0 Å². The van der Waals surface area contributed by atoms with E-state index in [9.17, 15) is 0 Å². The third kappa shape index (κ3) is 2.64. The van der Waals surface area contributed by atoms with Crippen molar-refractivity contribution in [3.05, 3.63) is 0 Å². The zero-order valence-electron chi connectivity index (χ0n) is 7.26. The topological polar surface area (TPSA) is 18.5 Å². The molecule has 62 valence electrons. The molecule has 1 rings (SSSR count). The van der Waals surface area contributed by atoms with E-state index < -0.39 is 22.1 Å². The van der Waals surface area contributed by atoms with Gasteiger partial charge < -0.3 is 0 Å². The predicted molar refractivity (Wildman–Crippen MR) is 43.0 cm³/mol. The van der Waals surface area contributed by atoms with Gasteiger partial charge in [-0.25, -0.2) is 0 Å². The van der Waals surface area contributed by atoms with Crippen LogP contribution in [-0.4, -0.2) is 12.7 Å². The number of halogens is 1. The molecule has 0 aliphatic carbocycles. The third-order valence-electron chi connectivity index (χ3n) is 1.93. The molecule has 0 aromatic rings. The Morgan fingerprint density at radius 1 is 1.45 bits per heavy atom. The van der Waals surface area contributed by atoms with E-state index in [1.54, 1.807) is 0 Å². The Hall–Kier alpha value is 1.34. The summed E-state index contributed by atoms with van der Waals surface area (Å²) in [7, 11) is 0. The summed E-state index contributed by atoms with van der Waals surface area (Å²) in [6.07, 6.45) is 0.323. The number of hydrogen-bond donors (Lipinski definition) is 0. The quantitative estimate of drug-likeness (QED) is 0.489. The number of rotatable bonds is 1. The Balaban J connectivity index is 2.57. The van der Waals surface area contributed by atoms with Gasteiger partial charge in [-0.1, -0.05) is 0 Å². The summed E-state index contributed by atoms with van der Waals surface area (Å²) in [5.74, 6) is 0. The van der Waals surface area contributed by atoms with E-state index in [-0.39, 0.29) is 5.41 Å². The van der Waals surface area contributed by atoms with E-state index >= 15 is 0 Å². The van der Waals surface area contributed by atoms with Crippen LogP contribution in [0.25, 0.3) is 0 Å². The van der Waals surface area contributed by atoms with Crippen molar-refractivity contribution in [3.63, 3.8) is 0 Å². The molecule has 0 unspecified atom stereocenters. The van der Waals surface area contributed by atoms with E-state index in [0.29, 0.717) is 6.10 Å². The van der Waals surface area contributed by atoms with Crippen LogP contribution in [0.3, 0.4) is 0 Å². The maximum absolute atomic E-state index is 5.25. The molecule has 0 aromatic heterocycles. The molecule has 0 N–H and O–H groups in total. The first kappa shape index (κ1) is 10.4. The first-order valence-electron chi connectivity index (χ1n) is 3.90. The molecule has 1 fully saturated rings. The molecule has 0 radical (unpaired) electrons. The summed E-state index contributed by atoms with van der Waals surface area (Å²) in [6, 6.07) is 0. The van der Waals surface area contributed by atoms with Crippen LogP contribution >= 0.6 is 11.9 Å². The summed E-state index contributed by atoms with van der Waals surface area (Å²) in [6.45, 7) is 7.43. The molecule has 2 nitrogen and oxygen atoms in total. The first-order chi connectivity index (χ1) is 5.05. The van der Waals surface area contributed by atoms with Crippen molar-refractivity contribution in [2.45, 2.75) is 30.3 Å². The van der Waals surface area contributed by atoms with Gasteiger partial charge in [0.15, 0.2) is 0 Å².